The van der Waals surface area contributed by atoms with Gasteiger partial charge in [0.25, 0.3) is 0 Å². The van der Waals surface area contributed by atoms with E-state index >= 15 is 0 Å². The van der Waals surface area contributed by atoms with Gasteiger partial charge < -0.3 is 10.6 Å². The molecule has 6 nitrogen and oxygen atoms in total. The Hall–Kier alpha value is -1.15. The third-order valence-corrected chi connectivity index (χ3v) is 5.64. The van der Waals surface area contributed by atoms with E-state index in [0.717, 1.165) is 19.4 Å². The number of carbonyl (C=O) groups is 1. The molecule has 1 aromatic carbocycles. The van der Waals surface area contributed by atoms with Gasteiger partial charge in [-0.1, -0.05) is 13.0 Å². The average molecular weight is 376 g/mol. The molecule has 0 radical (unpaired) electrons. The number of amides is 1. The molecule has 0 bridgehead atoms. The fourth-order valence-corrected chi connectivity index (χ4v) is 3.85. The van der Waals surface area contributed by atoms with Crippen molar-refractivity contribution >= 4 is 34.0 Å². The molecular weight excluding hydrogens is 350 g/mol. The van der Waals surface area contributed by atoms with E-state index in [1.165, 1.54) is 12.1 Å². The first kappa shape index (κ1) is 20.9. The summed E-state index contributed by atoms with van der Waals surface area (Å²) in [6.45, 7) is 5.35. The maximum absolute atomic E-state index is 12.3. The average Bonchev–Trinajstić information content (AvgIpc) is 2.55. The van der Waals surface area contributed by atoms with Crippen molar-refractivity contribution < 1.29 is 13.2 Å². The van der Waals surface area contributed by atoms with E-state index in [-0.39, 0.29) is 35.2 Å². The molecule has 0 spiro atoms. The van der Waals surface area contributed by atoms with Crippen molar-refractivity contribution in [3.05, 3.63) is 24.3 Å². The molecule has 3 N–H and O–H groups in total. The molecule has 0 aromatic heterocycles. The van der Waals surface area contributed by atoms with Crippen LogP contribution in [-0.2, 0) is 14.8 Å². The standard InChI is InChI=1S/C16H25N3O3S.ClH/c1-3-12(2)19-23(21,22)15-8-4-7-14(10-15)18-16(20)13-6-5-9-17-11-13;/h4,7-8,10,12-13,17,19H,3,5-6,9,11H2,1-2H3,(H,18,20);1H. The number of benzene rings is 1. The second-order valence-electron chi connectivity index (χ2n) is 5.99. The number of anilines is 1. The molecule has 1 amide bonds. The van der Waals surface area contributed by atoms with Crippen LogP contribution in [0.3, 0.4) is 0 Å². The molecular formula is C16H26ClN3O3S. The van der Waals surface area contributed by atoms with Gasteiger partial charge in [0.15, 0.2) is 0 Å². The highest BCUT2D eigenvalue weighted by molar-refractivity contribution is 7.89. The van der Waals surface area contributed by atoms with Gasteiger partial charge in [0.05, 0.1) is 10.8 Å². The van der Waals surface area contributed by atoms with E-state index in [1.807, 2.05) is 13.8 Å². The van der Waals surface area contributed by atoms with Gasteiger partial charge >= 0.3 is 0 Å². The molecule has 1 aliphatic rings. The van der Waals surface area contributed by atoms with Crippen LogP contribution in [0.15, 0.2) is 29.2 Å². The Morgan fingerprint density at radius 1 is 1.42 bits per heavy atom. The quantitative estimate of drug-likeness (QED) is 0.710. The van der Waals surface area contributed by atoms with Crippen LogP contribution in [0.1, 0.15) is 33.1 Å². The zero-order chi connectivity index (χ0) is 16.9. The molecule has 1 saturated heterocycles. The van der Waals surface area contributed by atoms with Gasteiger partial charge in [-0.05, 0) is 50.9 Å². The Balaban J connectivity index is 0.00000288. The lowest BCUT2D eigenvalue weighted by molar-refractivity contribution is -0.120. The van der Waals surface area contributed by atoms with E-state index in [2.05, 4.69) is 15.4 Å². The predicted molar refractivity (Wildman–Crippen MR) is 98.0 cm³/mol. The summed E-state index contributed by atoms with van der Waals surface area (Å²) in [7, 11) is -3.57. The zero-order valence-corrected chi connectivity index (χ0v) is 15.7. The molecule has 2 rings (SSSR count). The topological polar surface area (TPSA) is 87.3 Å². The molecule has 2 unspecified atom stereocenters. The van der Waals surface area contributed by atoms with Crippen LogP contribution in [0.25, 0.3) is 0 Å². The van der Waals surface area contributed by atoms with Crippen LogP contribution in [0.2, 0.25) is 0 Å². The normalized spacial score (nSPS) is 19.2. The zero-order valence-electron chi connectivity index (χ0n) is 14.0. The third-order valence-electron chi connectivity index (χ3n) is 4.05. The summed E-state index contributed by atoms with van der Waals surface area (Å²) in [4.78, 5) is 12.4. The van der Waals surface area contributed by atoms with Crippen LogP contribution in [0.5, 0.6) is 0 Å². The highest BCUT2D eigenvalue weighted by Crippen LogP contribution is 2.18. The summed E-state index contributed by atoms with van der Waals surface area (Å²) in [5.74, 6) is -0.135. The SMILES string of the molecule is CCC(C)NS(=O)(=O)c1cccc(NC(=O)C2CCCNC2)c1.Cl. The highest BCUT2D eigenvalue weighted by atomic mass is 35.5. The number of halogens is 1. The van der Waals surface area contributed by atoms with Gasteiger partial charge in [0.2, 0.25) is 15.9 Å². The smallest absolute Gasteiger partial charge is 0.240 e. The Bertz CT molecular complexity index is 646. The van der Waals surface area contributed by atoms with Gasteiger partial charge in [-0.3, -0.25) is 4.79 Å². The maximum Gasteiger partial charge on any atom is 0.240 e. The number of carbonyl (C=O) groups excluding carboxylic acids is 1. The summed E-state index contributed by atoms with van der Waals surface area (Å²) < 4.78 is 27.2. The van der Waals surface area contributed by atoms with Crippen molar-refractivity contribution in [1.82, 2.24) is 10.0 Å². The molecule has 1 heterocycles. The van der Waals surface area contributed by atoms with Crippen LogP contribution in [0.4, 0.5) is 5.69 Å². The molecule has 1 fully saturated rings. The second-order valence-corrected chi connectivity index (χ2v) is 7.70. The summed E-state index contributed by atoms with van der Waals surface area (Å²) >= 11 is 0. The third kappa shape index (κ3) is 5.73. The molecule has 0 aliphatic carbocycles. The van der Waals surface area contributed by atoms with E-state index in [1.54, 1.807) is 12.1 Å². The lowest BCUT2D eigenvalue weighted by Gasteiger charge is -2.22. The minimum Gasteiger partial charge on any atom is -0.326 e. The van der Waals surface area contributed by atoms with Crippen molar-refractivity contribution in [3.8, 4) is 0 Å². The first-order valence-corrected chi connectivity index (χ1v) is 9.54. The molecule has 8 heteroatoms. The first-order valence-electron chi connectivity index (χ1n) is 8.06. The lowest BCUT2D eigenvalue weighted by atomic mass is 9.99. The molecule has 2 atom stereocenters. The van der Waals surface area contributed by atoms with Crippen LogP contribution in [0, 0.1) is 5.92 Å². The molecule has 136 valence electrons. The van der Waals surface area contributed by atoms with Gasteiger partial charge in [0, 0.05) is 18.3 Å². The van der Waals surface area contributed by atoms with Crippen molar-refractivity contribution in [2.24, 2.45) is 5.92 Å². The fourth-order valence-electron chi connectivity index (χ4n) is 2.48. The Morgan fingerprint density at radius 2 is 2.17 bits per heavy atom. The van der Waals surface area contributed by atoms with Crippen LogP contribution < -0.4 is 15.4 Å². The predicted octanol–water partition coefficient (Wildman–Crippen LogP) is 2.12. The number of hydrogen-bond donors (Lipinski definition) is 3. The summed E-state index contributed by atoms with van der Waals surface area (Å²) in [6.07, 6.45) is 2.54. The van der Waals surface area contributed by atoms with Gasteiger partial charge in [-0.25, -0.2) is 13.1 Å². The van der Waals surface area contributed by atoms with E-state index in [0.29, 0.717) is 18.7 Å². The van der Waals surface area contributed by atoms with Crippen molar-refractivity contribution in [3.63, 3.8) is 0 Å². The number of hydrogen-bond acceptors (Lipinski definition) is 4. The van der Waals surface area contributed by atoms with E-state index in [9.17, 15) is 13.2 Å². The summed E-state index contributed by atoms with van der Waals surface area (Å²) in [5, 5.41) is 6.02. The Labute approximate surface area is 150 Å². The monoisotopic (exact) mass is 375 g/mol. The van der Waals surface area contributed by atoms with Gasteiger partial charge in [0.1, 0.15) is 0 Å². The van der Waals surface area contributed by atoms with Gasteiger partial charge in [-0.2, -0.15) is 0 Å². The first-order chi connectivity index (χ1) is 10.9. The minimum absolute atomic E-state index is 0. The number of rotatable bonds is 6. The molecule has 1 aromatic rings. The molecule has 1 aliphatic heterocycles. The van der Waals surface area contributed by atoms with E-state index in [4.69, 9.17) is 0 Å². The van der Waals surface area contributed by atoms with Crippen LogP contribution in [-0.4, -0.2) is 33.5 Å². The number of nitrogens with one attached hydrogen (secondary N) is 3. The number of sulfonamides is 1. The summed E-state index contributed by atoms with van der Waals surface area (Å²) in [5.41, 5.74) is 0.507. The maximum atomic E-state index is 12.3. The van der Waals surface area contributed by atoms with Gasteiger partial charge in [-0.15, -0.1) is 12.4 Å². The number of piperidine rings is 1. The summed E-state index contributed by atoms with van der Waals surface area (Å²) in [6, 6.07) is 6.24. The second kappa shape index (κ2) is 9.36. The largest absolute Gasteiger partial charge is 0.326 e. The lowest BCUT2D eigenvalue weighted by Crippen LogP contribution is -2.37. The Morgan fingerprint density at radius 3 is 2.79 bits per heavy atom. The minimum atomic E-state index is -3.57. The van der Waals surface area contributed by atoms with Crippen LogP contribution >= 0.6 is 12.4 Å². The molecule has 0 saturated carbocycles. The fraction of sp³-hybridized carbons (Fsp3) is 0.562. The van der Waals surface area contributed by atoms with Crippen molar-refractivity contribution in [2.75, 3.05) is 18.4 Å². The highest BCUT2D eigenvalue weighted by Gasteiger charge is 2.22. The van der Waals surface area contributed by atoms with Crippen molar-refractivity contribution in [2.45, 2.75) is 44.0 Å². The Kier molecular flexibility index (Phi) is 8.15. The molecule has 24 heavy (non-hydrogen) atoms. The van der Waals surface area contributed by atoms with E-state index < -0.39 is 10.0 Å². The van der Waals surface area contributed by atoms with Crippen molar-refractivity contribution in [1.29, 1.82) is 0 Å².